The van der Waals surface area contributed by atoms with E-state index >= 15 is 0 Å². The highest BCUT2D eigenvalue weighted by Gasteiger charge is 2.35. The first kappa shape index (κ1) is 15.6. The van der Waals surface area contributed by atoms with Crippen molar-refractivity contribution < 1.29 is 13.2 Å². The molecule has 2 aromatic heterocycles. The van der Waals surface area contributed by atoms with Gasteiger partial charge in [0.1, 0.15) is 5.52 Å². The molecule has 0 aliphatic carbocycles. The zero-order chi connectivity index (χ0) is 15.8. The van der Waals surface area contributed by atoms with Crippen LogP contribution in [0.15, 0.2) is 18.5 Å². The van der Waals surface area contributed by atoms with Crippen molar-refractivity contribution in [2.45, 2.75) is 32.5 Å². The number of halogens is 3. The summed E-state index contributed by atoms with van der Waals surface area (Å²) in [6.07, 6.45) is -1.71. The number of fused-ring (bicyclic) bond motifs is 1. The summed E-state index contributed by atoms with van der Waals surface area (Å²) in [5.41, 5.74) is 4.63. The lowest BCUT2D eigenvalue weighted by molar-refractivity contribution is -0.141. The summed E-state index contributed by atoms with van der Waals surface area (Å²) in [6, 6.07) is 0.979. The van der Waals surface area contributed by atoms with E-state index in [9.17, 15) is 13.2 Å². The van der Waals surface area contributed by atoms with E-state index in [1.165, 1.54) is 12.4 Å². The van der Waals surface area contributed by atoms with Gasteiger partial charge < -0.3 is 11.1 Å². The highest BCUT2D eigenvalue weighted by atomic mass is 19.4. The molecule has 2 heterocycles. The van der Waals surface area contributed by atoms with E-state index in [2.05, 4.69) is 15.4 Å². The number of nitrogens with two attached hydrogens (primary N) is 1. The van der Waals surface area contributed by atoms with Gasteiger partial charge in [0.2, 0.25) is 0 Å². The number of rotatable bonds is 4. The van der Waals surface area contributed by atoms with Crippen LogP contribution in [0.2, 0.25) is 0 Å². The Morgan fingerprint density at radius 1 is 1.38 bits per heavy atom. The Morgan fingerprint density at radius 2 is 2.05 bits per heavy atom. The molecule has 0 bridgehead atoms. The molecule has 0 saturated heterocycles. The molecule has 21 heavy (non-hydrogen) atoms. The molecule has 2 aromatic rings. The van der Waals surface area contributed by atoms with E-state index in [0.717, 1.165) is 10.6 Å². The molecule has 0 aromatic carbocycles. The second-order valence-corrected chi connectivity index (χ2v) is 5.53. The average molecular weight is 301 g/mol. The van der Waals surface area contributed by atoms with Crippen LogP contribution in [-0.4, -0.2) is 26.7 Å². The first-order valence-electron chi connectivity index (χ1n) is 6.57. The van der Waals surface area contributed by atoms with E-state index in [4.69, 9.17) is 5.73 Å². The van der Waals surface area contributed by atoms with Crippen molar-refractivity contribution in [2.24, 2.45) is 11.7 Å². The van der Waals surface area contributed by atoms with Crippen LogP contribution in [0.4, 0.5) is 19.0 Å². The van der Waals surface area contributed by atoms with Gasteiger partial charge in [0, 0.05) is 25.0 Å². The zero-order valence-corrected chi connectivity index (χ0v) is 12.1. The van der Waals surface area contributed by atoms with Gasteiger partial charge in [-0.2, -0.15) is 18.3 Å². The lowest BCUT2D eigenvalue weighted by atomic mass is 9.88. The minimum absolute atomic E-state index is 0.176. The molecule has 116 valence electrons. The van der Waals surface area contributed by atoms with Gasteiger partial charge >= 0.3 is 6.18 Å². The van der Waals surface area contributed by atoms with Gasteiger partial charge in [-0.15, -0.1) is 0 Å². The standard InChI is InChI=1S/C13H18F3N5/c1-8(2)12(3,7-17)19-11-9-6-10(13(14,15)16)20-21(9)5-4-18-11/h4-6,8H,7,17H2,1-3H3,(H,18,19). The summed E-state index contributed by atoms with van der Waals surface area (Å²) in [7, 11) is 0. The summed E-state index contributed by atoms with van der Waals surface area (Å²) in [4.78, 5) is 4.12. The summed E-state index contributed by atoms with van der Waals surface area (Å²) in [6.45, 7) is 6.20. The molecular formula is C13H18F3N5. The van der Waals surface area contributed by atoms with E-state index in [1.807, 2.05) is 20.8 Å². The molecule has 0 amide bonds. The highest BCUT2D eigenvalue weighted by Crippen LogP contribution is 2.31. The quantitative estimate of drug-likeness (QED) is 0.910. The number of hydrogen-bond donors (Lipinski definition) is 2. The summed E-state index contributed by atoms with van der Waals surface area (Å²) < 4.78 is 39.4. The molecule has 0 aliphatic heterocycles. The predicted octanol–water partition coefficient (Wildman–Crippen LogP) is 2.53. The number of anilines is 1. The first-order chi connectivity index (χ1) is 9.67. The fourth-order valence-corrected chi connectivity index (χ4v) is 1.86. The number of nitrogens with zero attached hydrogens (tertiary/aromatic N) is 3. The summed E-state index contributed by atoms with van der Waals surface area (Å²) in [5, 5.41) is 6.67. The molecule has 0 saturated carbocycles. The van der Waals surface area contributed by atoms with Crippen LogP contribution in [0.5, 0.6) is 0 Å². The molecule has 1 unspecified atom stereocenters. The lowest BCUT2D eigenvalue weighted by Gasteiger charge is -2.34. The number of nitrogens with one attached hydrogen (secondary N) is 1. The van der Waals surface area contributed by atoms with Crippen molar-refractivity contribution in [3.8, 4) is 0 Å². The molecule has 1 atom stereocenters. The molecular weight excluding hydrogens is 283 g/mol. The second-order valence-electron chi connectivity index (χ2n) is 5.53. The van der Waals surface area contributed by atoms with Crippen LogP contribution in [0.3, 0.4) is 0 Å². The molecule has 0 radical (unpaired) electrons. The monoisotopic (exact) mass is 301 g/mol. The Kier molecular flexibility index (Phi) is 3.83. The first-order valence-corrected chi connectivity index (χ1v) is 6.57. The Balaban J connectivity index is 2.48. The van der Waals surface area contributed by atoms with Crippen molar-refractivity contribution in [2.75, 3.05) is 11.9 Å². The molecule has 5 nitrogen and oxygen atoms in total. The van der Waals surface area contributed by atoms with Gasteiger partial charge in [0.25, 0.3) is 0 Å². The second kappa shape index (κ2) is 5.18. The lowest BCUT2D eigenvalue weighted by Crippen LogP contribution is -2.47. The Bertz CT molecular complexity index is 634. The third-order valence-electron chi connectivity index (χ3n) is 3.78. The van der Waals surface area contributed by atoms with Gasteiger partial charge in [-0.1, -0.05) is 13.8 Å². The number of alkyl halides is 3. The maximum Gasteiger partial charge on any atom is 0.435 e. The number of aromatic nitrogens is 3. The molecule has 3 N–H and O–H groups in total. The summed E-state index contributed by atoms with van der Waals surface area (Å²) in [5.74, 6) is 0.511. The average Bonchev–Trinajstić information content (AvgIpc) is 2.83. The van der Waals surface area contributed by atoms with Gasteiger partial charge in [-0.25, -0.2) is 9.50 Å². The van der Waals surface area contributed by atoms with Crippen LogP contribution in [0.1, 0.15) is 26.5 Å². The van der Waals surface area contributed by atoms with Gasteiger partial charge in [0.15, 0.2) is 11.5 Å². The maximum atomic E-state index is 12.8. The molecule has 0 aliphatic rings. The molecule has 8 heteroatoms. The van der Waals surface area contributed by atoms with Crippen molar-refractivity contribution in [1.29, 1.82) is 0 Å². The van der Waals surface area contributed by atoms with Crippen LogP contribution in [-0.2, 0) is 6.18 Å². The van der Waals surface area contributed by atoms with Crippen molar-refractivity contribution >= 4 is 11.3 Å². The maximum absolute atomic E-state index is 12.8. The third-order valence-corrected chi connectivity index (χ3v) is 3.78. The molecule has 0 fully saturated rings. The van der Waals surface area contributed by atoms with Crippen LogP contribution in [0, 0.1) is 5.92 Å². The minimum atomic E-state index is -4.49. The van der Waals surface area contributed by atoms with Crippen molar-refractivity contribution in [3.63, 3.8) is 0 Å². The Hall–Kier alpha value is -1.83. The van der Waals surface area contributed by atoms with E-state index in [1.54, 1.807) is 0 Å². The van der Waals surface area contributed by atoms with Gasteiger partial charge in [-0.3, -0.25) is 0 Å². The predicted molar refractivity (Wildman–Crippen MR) is 73.9 cm³/mol. The molecule has 0 spiro atoms. The number of hydrogen-bond acceptors (Lipinski definition) is 4. The smallest absolute Gasteiger partial charge is 0.362 e. The summed E-state index contributed by atoms with van der Waals surface area (Å²) >= 11 is 0. The highest BCUT2D eigenvalue weighted by molar-refractivity contribution is 5.68. The van der Waals surface area contributed by atoms with Crippen molar-refractivity contribution in [3.05, 3.63) is 24.2 Å². The van der Waals surface area contributed by atoms with E-state index in [0.29, 0.717) is 12.4 Å². The SMILES string of the molecule is CC(C)C(C)(CN)Nc1nccn2nc(C(F)(F)F)cc12. The van der Waals surface area contributed by atoms with E-state index in [-0.39, 0.29) is 11.4 Å². The van der Waals surface area contributed by atoms with E-state index < -0.39 is 17.4 Å². The fraction of sp³-hybridized carbons (Fsp3) is 0.538. The Labute approximate surface area is 120 Å². The van der Waals surface area contributed by atoms with Crippen LogP contribution >= 0.6 is 0 Å². The van der Waals surface area contributed by atoms with Crippen molar-refractivity contribution in [1.82, 2.24) is 14.6 Å². The minimum Gasteiger partial charge on any atom is -0.362 e. The Morgan fingerprint density at radius 3 is 2.57 bits per heavy atom. The largest absolute Gasteiger partial charge is 0.435 e. The normalized spacial score (nSPS) is 15.4. The van der Waals surface area contributed by atoms with Gasteiger partial charge in [-0.05, 0) is 12.8 Å². The fourth-order valence-electron chi connectivity index (χ4n) is 1.86. The van der Waals surface area contributed by atoms with Gasteiger partial charge in [0.05, 0.1) is 5.54 Å². The molecule has 2 rings (SSSR count). The zero-order valence-electron chi connectivity index (χ0n) is 12.1. The van der Waals surface area contributed by atoms with Crippen LogP contribution in [0.25, 0.3) is 5.52 Å². The third kappa shape index (κ3) is 2.94. The topological polar surface area (TPSA) is 68.2 Å². The van der Waals surface area contributed by atoms with Crippen LogP contribution < -0.4 is 11.1 Å².